The lowest BCUT2D eigenvalue weighted by atomic mass is 10.1. The second kappa shape index (κ2) is 4.23. The van der Waals surface area contributed by atoms with E-state index in [1.54, 1.807) is 12.4 Å². The highest BCUT2D eigenvalue weighted by Gasteiger charge is 2.23. The normalized spacial score (nSPS) is 19.1. The summed E-state index contributed by atoms with van der Waals surface area (Å²) in [6, 6.07) is 3.90. The average Bonchev–Trinajstić information content (AvgIpc) is 2.68. The van der Waals surface area contributed by atoms with Crippen molar-refractivity contribution in [3.8, 4) is 11.4 Å². The third kappa shape index (κ3) is 1.89. The van der Waals surface area contributed by atoms with Gasteiger partial charge in [0.2, 0.25) is 0 Å². The summed E-state index contributed by atoms with van der Waals surface area (Å²) in [4.78, 5) is 8.55. The Morgan fingerprint density at radius 1 is 1.35 bits per heavy atom. The number of imidazole rings is 1. The van der Waals surface area contributed by atoms with E-state index in [2.05, 4.69) is 30.5 Å². The van der Waals surface area contributed by atoms with E-state index >= 15 is 0 Å². The summed E-state index contributed by atoms with van der Waals surface area (Å²) in [5.41, 5.74) is 2.14. The van der Waals surface area contributed by atoms with Gasteiger partial charge in [0.05, 0.1) is 11.8 Å². The third-order valence-electron chi connectivity index (χ3n) is 3.08. The molecule has 1 N–H and O–H groups in total. The zero-order valence-corrected chi connectivity index (χ0v) is 10.8. The van der Waals surface area contributed by atoms with E-state index in [-0.39, 0.29) is 6.10 Å². The molecule has 0 fully saturated rings. The highest BCUT2D eigenvalue weighted by atomic mass is 79.9. The maximum atomic E-state index is 9.69. The summed E-state index contributed by atoms with van der Waals surface area (Å²) in [5.74, 6) is 0.946. The van der Waals surface area contributed by atoms with Gasteiger partial charge >= 0.3 is 0 Å². The molecular formula is C12H12BrN3O. The minimum atomic E-state index is -0.249. The molecule has 5 heteroatoms. The molecule has 1 atom stereocenters. The molecule has 3 rings (SSSR count). The molecule has 2 aromatic heterocycles. The van der Waals surface area contributed by atoms with Gasteiger partial charge < -0.3 is 9.67 Å². The van der Waals surface area contributed by atoms with Gasteiger partial charge in [0.1, 0.15) is 10.4 Å². The number of nitrogens with zero attached hydrogens (tertiary/aromatic N) is 3. The van der Waals surface area contributed by atoms with Gasteiger partial charge in [0.25, 0.3) is 0 Å². The van der Waals surface area contributed by atoms with Crippen LogP contribution in [-0.2, 0) is 13.0 Å². The van der Waals surface area contributed by atoms with Crippen molar-refractivity contribution < 1.29 is 5.11 Å². The Morgan fingerprint density at radius 3 is 2.88 bits per heavy atom. The van der Waals surface area contributed by atoms with E-state index in [1.165, 1.54) is 0 Å². The van der Waals surface area contributed by atoms with Crippen LogP contribution in [0.2, 0.25) is 0 Å². The van der Waals surface area contributed by atoms with E-state index in [0.29, 0.717) is 6.42 Å². The topological polar surface area (TPSA) is 50.9 Å². The highest BCUT2D eigenvalue weighted by molar-refractivity contribution is 9.10. The van der Waals surface area contributed by atoms with Crippen LogP contribution < -0.4 is 0 Å². The van der Waals surface area contributed by atoms with Crippen molar-refractivity contribution in [1.82, 2.24) is 14.5 Å². The molecule has 0 saturated carbocycles. The average molecular weight is 294 g/mol. The molecule has 0 amide bonds. The molecule has 4 nitrogen and oxygen atoms in total. The van der Waals surface area contributed by atoms with Crippen molar-refractivity contribution in [3.63, 3.8) is 0 Å². The summed E-state index contributed by atoms with van der Waals surface area (Å²) in [6.45, 7) is 0.812. The number of aliphatic hydroxyl groups is 1. The van der Waals surface area contributed by atoms with Crippen molar-refractivity contribution in [2.24, 2.45) is 0 Å². The minimum absolute atomic E-state index is 0.249. The zero-order chi connectivity index (χ0) is 11.8. The lowest BCUT2D eigenvalue weighted by molar-refractivity contribution is 0.143. The zero-order valence-electron chi connectivity index (χ0n) is 9.17. The summed E-state index contributed by atoms with van der Waals surface area (Å²) in [7, 11) is 0. The molecule has 0 saturated heterocycles. The molecule has 88 valence electrons. The van der Waals surface area contributed by atoms with Gasteiger partial charge in [0.15, 0.2) is 0 Å². The summed E-state index contributed by atoms with van der Waals surface area (Å²) >= 11 is 3.47. The first-order valence-corrected chi connectivity index (χ1v) is 6.38. The van der Waals surface area contributed by atoms with E-state index in [4.69, 9.17) is 0 Å². The maximum absolute atomic E-state index is 9.69. The van der Waals surface area contributed by atoms with Crippen LogP contribution >= 0.6 is 15.9 Å². The van der Waals surface area contributed by atoms with Gasteiger partial charge in [-0.05, 0) is 34.5 Å². The lowest BCUT2D eigenvalue weighted by Crippen LogP contribution is -2.23. The Hall–Kier alpha value is -1.20. The predicted octanol–water partition coefficient (Wildman–Crippen LogP) is 2.01. The molecule has 3 heterocycles. The fourth-order valence-corrected chi connectivity index (χ4v) is 2.76. The SMILES string of the molecule is OC1CCn2c(-c3ccncc3)nc(Br)c2C1. The lowest BCUT2D eigenvalue weighted by Gasteiger charge is -2.21. The van der Waals surface area contributed by atoms with Gasteiger partial charge in [-0.25, -0.2) is 4.98 Å². The number of aromatic nitrogens is 3. The number of hydrogen-bond acceptors (Lipinski definition) is 3. The fourth-order valence-electron chi connectivity index (χ4n) is 2.22. The van der Waals surface area contributed by atoms with Crippen LogP contribution in [0.25, 0.3) is 11.4 Å². The predicted molar refractivity (Wildman–Crippen MR) is 67.5 cm³/mol. The van der Waals surface area contributed by atoms with E-state index in [9.17, 15) is 5.11 Å². The van der Waals surface area contributed by atoms with Crippen LogP contribution in [0.4, 0.5) is 0 Å². The van der Waals surface area contributed by atoms with Gasteiger partial charge in [-0.15, -0.1) is 0 Å². The fraction of sp³-hybridized carbons (Fsp3) is 0.333. The molecule has 1 aliphatic heterocycles. The Kier molecular flexibility index (Phi) is 2.72. The molecule has 1 unspecified atom stereocenters. The number of aliphatic hydroxyl groups excluding tert-OH is 1. The van der Waals surface area contributed by atoms with Crippen molar-refractivity contribution in [2.45, 2.75) is 25.5 Å². The summed E-state index contributed by atoms with van der Waals surface area (Å²) in [6.07, 6.45) is 4.73. The first-order valence-electron chi connectivity index (χ1n) is 5.59. The Morgan fingerprint density at radius 2 is 2.12 bits per heavy atom. The smallest absolute Gasteiger partial charge is 0.141 e. The van der Waals surface area contributed by atoms with Crippen LogP contribution in [0, 0.1) is 0 Å². The number of halogens is 1. The number of pyridine rings is 1. The molecule has 0 aromatic carbocycles. The van der Waals surface area contributed by atoms with Crippen molar-refractivity contribution in [2.75, 3.05) is 0 Å². The van der Waals surface area contributed by atoms with Crippen LogP contribution in [-0.4, -0.2) is 25.7 Å². The quantitative estimate of drug-likeness (QED) is 0.875. The van der Waals surface area contributed by atoms with Crippen LogP contribution in [0.1, 0.15) is 12.1 Å². The number of rotatable bonds is 1. The van der Waals surface area contributed by atoms with Gasteiger partial charge in [-0.1, -0.05) is 0 Å². The molecule has 17 heavy (non-hydrogen) atoms. The van der Waals surface area contributed by atoms with Gasteiger partial charge in [0, 0.05) is 30.9 Å². The Balaban J connectivity index is 2.11. The largest absolute Gasteiger partial charge is 0.393 e. The molecule has 2 aromatic rings. The van der Waals surface area contributed by atoms with Crippen molar-refractivity contribution >= 4 is 15.9 Å². The molecule has 0 radical (unpaired) electrons. The highest BCUT2D eigenvalue weighted by Crippen LogP contribution is 2.29. The first kappa shape index (κ1) is 10.9. The Labute approximate surface area is 107 Å². The maximum Gasteiger partial charge on any atom is 0.141 e. The van der Waals surface area contributed by atoms with Crippen LogP contribution in [0.3, 0.4) is 0 Å². The van der Waals surface area contributed by atoms with Crippen molar-refractivity contribution in [1.29, 1.82) is 0 Å². The molecule has 1 aliphatic rings. The van der Waals surface area contributed by atoms with E-state index < -0.39 is 0 Å². The first-order chi connectivity index (χ1) is 8.25. The molecule has 0 aliphatic carbocycles. The summed E-state index contributed by atoms with van der Waals surface area (Å²) < 4.78 is 3.01. The molecule has 0 spiro atoms. The van der Waals surface area contributed by atoms with E-state index in [1.807, 2.05) is 12.1 Å². The number of hydrogen-bond donors (Lipinski definition) is 1. The van der Waals surface area contributed by atoms with E-state index in [0.717, 1.165) is 34.7 Å². The van der Waals surface area contributed by atoms with Gasteiger partial charge in [-0.3, -0.25) is 4.98 Å². The molecule has 0 bridgehead atoms. The van der Waals surface area contributed by atoms with Gasteiger partial charge in [-0.2, -0.15) is 0 Å². The minimum Gasteiger partial charge on any atom is -0.393 e. The monoisotopic (exact) mass is 293 g/mol. The summed E-state index contributed by atoms with van der Waals surface area (Å²) in [5, 5.41) is 9.69. The van der Waals surface area contributed by atoms with Crippen LogP contribution in [0.15, 0.2) is 29.1 Å². The standard InChI is InChI=1S/C12H12BrN3O/c13-11-10-7-9(17)3-6-16(10)12(15-11)8-1-4-14-5-2-8/h1-2,4-5,9,17H,3,6-7H2. The van der Waals surface area contributed by atoms with Crippen molar-refractivity contribution in [3.05, 3.63) is 34.8 Å². The number of fused-ring (bicyclic) bond motifs is 1. The third-order valence-corrected chi connectivity index (χ3v) is 3.71. The molecular weight excluding hydrogens is 282 g/mol. The Bertz CT molecular complexity index is 538. The second-order valence-electron chi connectivity index (χ2n) is 4.21. The van der Waals surface area contributed by atoms with Crippen LogP contribution in [0.5, 0.6) is 0 Å². The second-order valence-corrected chi connectivity index (χ2v) is 4.96.